The van der Waals surface area contributed by atoms with Crippen molar-refractivity contribution >= 4 is 5.78 Å². The van der Waals surface area contributed by atoms with E-state index in [2.05, 4.69) is 0 Å². The fourth-order valence-corrected chi connectivity index (χ4v) is 1.55. The van der Waals surface area contributed by atoms with Gasteiger partial charge in [0, 0.05) is 12.0 Å². The predicted octanol–water partition coefficient (Wildman–Crippen LogP) is 2.78. The van der Waals surface area contributed by atoms with E-state index < -0.39 is 0 Å². The largest absolute Gasteiger partial charge is 0.330 e. The smallest absolute Gasteiger partial charge is 0.162 e. The van der Waals surface area contributed by atoms with Gasteiger partial charge in [0.15, 0.2) is 5.78 Å². The SMILES string of the molecule is NCCCCCCC(=O)c1ccccc1. The Kier molecular flexibility index (Phi) is 5.71. The Morgan fingerprint density at radius 3 is 2.33 bits per heavy atom. The molecule has 0 bridgehead atoms. The lowest BCUT2D eigenvalue weighted by molar-refractivity contribution is 0.0979. The summed E-state index contributed by atoms with van der Waals surface area (Å²) in [5, 5.41) is 0. The molecule has 0 radical (unpaired) electrons. The van der Waals surface area contributed by atoms with Crippen molar-refractivity contribution in [3.05, 3.63) is 35.9 Å². The number of rotatable bonds is 7. The second-order valence-corrected chi connectivity index (χ2v) is 3.74. The van der Waals surface area contributed by atoms with E-state index in [1.165, 1.54) is 0 Å². The molecule has 2 N–H and O–H groups in total. The second-order valence-electron chi connectivity index (χ2n) is 3.74. The first kappa shape index (κ1) is 11.9. The molecular formula is C13H19NO. The van der Waals surface area contributed by atoms with Crippen LogP contribution in [0.3, 0.4) is 0 Å². The van der Waals surface area contributed by atoms with E-state index in [-0.39, 0.29) is 5.78 Å². The maximum Gasteiger partial charge on any atom is 0.162 e. The normalized spacial score (nSPS) is 10.2. The summed E-state index contributed by atoms with van der Waals surface area (Å²) < 4.78 is 0. The van der Waals surface area contributed by atoms with E-state index >= 15 is 0 Å². The highest BCUT2D eigenvalue weighted by molar-refractivity contribution is 5.95. The zero-order valence-corrected chi connectivity index (χ0v) is 9.11. The van der Waals surface area contributed by atoms with Gasteiger partial charge in [-0.3, -0.25) is 4.79 Å². The Morgan fingerprint density at radius 1 is 1.00 bits per heavy atom. The molecule has 2 heteroatoms. The first-order valence-electron chi connectivity index (χ1n) is 5.63. The number of nitrogens with two attached hydrogens (primary N) is 1. The number of hydrogen-bond donors (Lipinski definition) is 1. The predicted molar refractivity (Wildman–Crippen MR) is 62.9 cm³/mol. The molecule has 0 saturated carbocycles. The Hall–Kier alpha value is -1.15. The highest BCUT2D eigenvalue weighted by Crippen LogP contribution is 2.08. The molecule has 0 aliphatic carbocycles. The van der Waals surface area contributed by atoms with E-state index in [1.54, 1.807) is 0 Å². The van der Waals surface area contributed by atoms with Crippen molar-refractivity contribution in [3.8, 4) is 0 Å². The van der Waals surface area contributed by atoms with Crippen LogP contribution in [0.15, 0.2) is 30.3 Å². The van der Waals surface area contributed by atoms with Gasteiger partial charge in [0.1, 0.15) is 0 Å². The van der Waals surface area contributed by atoms with Crippen molar-refractivity contribution in [2.24, 2.45) is 5.73 Å². The summed E-state index contributed by atoms with van der Waals surface area (Å²) in [4.78, 5) is 11.7. The van der Waals surface area contributed by atoms with Crippen LogP contribution >= 0.6 is 0 Å². The third-order valence-electron chi connectivity index (χ3n) is 2.45. The van der Waals surface area contributed by atoms with E-state index in [0.717, 1.165) is 37.8 Å². The third kappa shape index (κ3) is 4.75. The molecule has 1 aromatic rings. The highest BCUT2D eigenvalue weighted by atomic mass is 16.1. The summed E-state index contributed by atoms with van der Waals surface area (Å²) in [6.07, 6.45) is 4.95. The Morgan fingerprint density at radius 2 is 1.67 bits per heavy atom. The number of hydrogen-bond acceptors (Lipinski definition) is 2. The summed E-state index contributed by atoms with van der Waals surface area (Å²) in [6.45, 7) is 0.757. The van der Waals surface area contributed by atoms with Gasteiger partial charge < -0.3 is 5.73 Å². The fraction of sp³-hybridized carbons (Fsp3) is 0.462. The number of Topliss-reactive ketones (excluding diaryl/α,β-unsaturated/α-hetero) is 1. The molecular weight excluding hydrogens is 186 g/mol. The van der Waals surface area contributed by atoms with Gasteiger partial charge >= 0.3 is 0 Å². The standard InChI is InChI=1S/C13H19NO/c14-11-7-2-1-6-10-13(15)12-8-4-3-5-9-12/h3-5,8-9H,1-2,6-7,10-11,14H2. The number of carbonyl (C=O) groups excluding carboxylic acids is 1. The Balaban J connectivity index is 2.20. The zero-order valence-electron chi connectivity index (χ0n) is 9.11. The topological polar surface area (TPSA) is 43.1 Å². The molecule has 0 unspecified atom stereocenters. The molecule has 1 rings (SSSR count). The van der Waals surface area contributed by atoms with E-state index in [1.807, 2.05) is 30.3 Å². The Labute approximate surface area is 91.5 Å². The van der Waals surface area contributed by atoms with Crippen LogP contribution in [-0.4, -0.2) is 12.3 Å². The van der Waals surface area contributed by atoms with Crippen molar-refractivity contribution in [1.29, 1.82) is 0 Å². The first-order valence-corrected chi connectivity index (χ1v) is 5.63. The lowest BCUT2D eigenvalue weighted by Gasteiger charge is -2.00. The van der Waals surface area contributed by atoms with Crippen molar-refractivity contribution in [2.75, 3.05) is 6.54 Å². The van der Waals surface area contributed by atoms with Gasteiger partial charge in [-0.05, 0) is 19.4 Å². The van der Waals surface area contributed by atoms with Crippen LogP contribution in [0.2, 0.25) is 0 Å². The summed E-state index contributed by atoms with van der Waals surface area (Å²) in [6, 6.07) is 9.49. The average molecular weight is 205 g/mol. The monoisotopic (exact) mass is 205 g/mol. The highest BCUT2D eigenvalue weighted by Gasteiger charge is 2.03. The molecule has 15 heavy (non-hydrogen) atoms. The maximum absolute atomic E-state index is 11.7. The molecule has 0 amide bonds. The number of unbranched alkanes of at least 4 members (excludes halogenated alkanes) is 3. The molecule has 0 fully saturated rings. The van der Waals surface area contributed by atoms with Crippen molar-refractivity contribution in [3.63, 3.8) is 0 Å². The molecule has 0 aliphatic rings. The summed E-state index contributed by atoms with van der Waals surface area (Å²) >= 11 is 0. The van der Waals surface area contributed by atoms with Crippen molar-refractivity contribution in [1.82, 2.24) is 0 Å². The first-order chi connectivity index (χ1) is 7.34. The Bertz CT molecular complexity index is 282. The summed E-state index contributed by atoms with van der Waals surface area (Å²) in [5.41, 5.74) is 6.22. The molecule has 0 atom stereocenters. The van der Waals surface area contributed by atoms with Gasteiger partial charge in [-0.25, -0.2) is 0 Å². The second kappa shape index (κ2) is 7.18. The molecule has 1 aromatic carbocycles. The lowest BCUT2D eigenvalue weighted by Crippen LogP contribution is -2.00. The van der Waals surface area contributed by atoms with E-state index in [4.69, 9.17) is 5.73 Å². The molecule has 0 aliphatic heterocycles. The number of carbonyl (C=O) groups is 1. The average Bonchev–Trinajstić information content (AvgIpc) is 2.30. The van der Waals surface area contributed by atoms with Crippen LogP contribution in [0, 0.1) is 0 Å². The molecule has 0 aromatic heterocycles. The van der Waals surface area contributed by atoms with Crippen LogP contribution in [0.25, 0.3) is 0 Å². The lowest BCUT2D eigenvalue weighted by atomic mass is 10.0. The van der Waals surface area contributed by atoms with Crippen molar-refractivity contribution in [2.45, 2.75) is 32.1 Å². The quantitative estimate of drug-likeness (QED) is 0.549. The minimum atomic E-state index is 0.253. The van der Waals surface area contributed by atoms with Gasteiger partial charge in [0.2, 0.25) is 0 Å². The molecule has 2 nitrogen and oxygen atoms in total. The molecule has 0 heterocycles. The van der Waals surface area contributed by atoms with E-state index in [0.29, 0.717) is 6.42 Å². The van der Waals surface area contributed by atoms with Crippen LogP contribution in [0.5, 0.6) is 0 Å². The number of ketones is 1. The zero-order chi connectivity index (χ0) is 10.9. The molecule has 82 valence electrons. The van der Waals surface area contributed by atoms with Gasteiger partial charge in [0.25, 0.3) is 0 Å². The van der Waals surface area contributed by atoms with Gasteiger partial charge in [-0.1, -0.05) is 43.2 Å². The minimum absolute atomic E-state index is 0.253. The van der Waals surface area contributed by atoms with Gasteiger partial charge in [-0.15, -0.1) is 0 Å². The molecule has 0 spiro atoms. The van der Waals surface area contributed by atoms with Crippen LogP contribution in [-0.2, 0) is 0 Å². The fourth-order valence-electron chi connectivity index (χ4n) is 1.55. The third-order valence-corrected chi connectivity index (χ3v) is 2.45. The van der Waals surface area contributed by atoms with Crippen molar-refractivity contribution < 1.29 is 4.79 Å². The van der Waals surface area contributed by atoms with Gasteiger partial charge in [-0.2, -0.15) is 0 Å². The maximum atomic E-state index is 11.7. The van der Waals surface area contributed by atoms with Crippen LogP contribution in [0.1, 0.15) is 42.5 Å². The van der Waals surface area contributed by atoms with Crippen LogP contribution < -0.4 is 5.73 Å². The van der Waals surface area contributed by atoms with Gasteiger partial charge in [0.05, 0.1) is 0 Å². The summed E-state index contributed by atoms with van der Waals surface area (Å²) in [7, 11) is 0. The minimum Gasteiger partial charge on any atom is -0.330 e. The molecule has 0 saturated heterocycles. The van der Waals surface area contributed by atoms with Crippen LogP contribution in [0.4, 0.5) is 0 Å². The summed E-state index contributed by atoms with van der Waals surface area (Å²) in [5.74, 6) is 0.253. The van der Waals surface area contributed by atoms with E-state index in [9.17, 15) is 4.79 Å². The number of benzene rings is 1.